The van der Waals surface area contributed by atoms with Gasteiger partial charge in [0, 0.05) is 36.6 Å². The summed E-state index contributed by atoms with van der Waals surface area (Å²) in [6.45, 7) is 2.80. The minimum atomic E-state index is -0.160. The summed E-state index contributed by atoms with van der Waals surface area (Å²) in [5, 5.41) is 14.7. The molecule has 0 unspecified atom stereocenters. The van der Waals surface area contributed by atoms with E-state index in [1.807, 2.05) is 54.9 Å². The van der Waals surface area contributed by atoms with Crippen LogP contribution in [0.4, 0.5) is 5.69 Å². The van der Waals surface area contributed by atoms with Gasteiger partial charge in [-0.3, -0.25) is 4.79 Å². The number of carbonyl (C=O) groups is 1. The second-order valence-electron chi connectivity index (χ2n) is 7.48. The van der Waals surface area contributed by atoms with Crippen molar-refractivity contribution in [3.8, 4) is 17.3 Å². The maximum Gasteiger partial charge on any atom is 0.251 e. The molecule has 0 bridgehead atoms. The Balaban J connectivity index is 1.40. The van der Waals surface area contributed by atoms with Crippen molar-refractivity contribution < 1.29 is 9.53 Å². The third-order valence-electron chi connectivity index (χ3n) is 5.29. The molecule has 33 heavy (non-hydrogen) atoms. The fourth-order valence-electron chi connectivity index (χ4n) is 3.54. The van der Waals surface area contributed by atoms with E-state index >= 15 is 0 Å². The van der Waals surface area contributed by atoms with Crippen molar-refractivity contribution in [1.82, 2.24) is 30.0 Å². The molecule has 0 fully saturated rings. The molecular weight excluding hydrogens is 418 g/mol. The molecule has 0 spiro atoms. The highest BCUT2D eigenvalue weighted by molar-refractivity contribution is 5.95. The number of methoxy groups -OCH3 is 1. The van der Waals surface area contributed by atoms with Crippen molar-refractivity contribution in [3.63, 3.8) is 0 Å². The summed E-state index contributed by atoms with van der Waals surface area (Å²) < 4.78 is 7.34. The van der Waals surface area contributed by atoms with Crippen LogP contribution in [0.5, 0.6) is 5.75 Å². The van der Waals surface area contributed by atoms with Crippen molar-refractivity contribution in [2.45, 2.75) is 20.0 Å². The number of benzene rings is 2. The normalized spacial score (nSPS) is 10.6. The predicted octanol–water partition coefficient (Wildman–Crippen LogP) is 3.13. The van der Waals surface area contributed by atoms with Crippen LogP contribution in [0, 0.1) is 6.92 Å². The van der Waals surface area contributed by atoms with Crippen LogP contribution in [0.15, 0.2) is 61.1 Å². The zero-order chi connectivity index (χ0) is 23.2. The number of hydrogen-bond donors (Lipinski definition) is 2. The third-order valence-corrected chi connectivity index (χ3v) is 5.29. The molecule has 1 amide bonds. The van der Waals surface area contributed by atoms with Gasteiger partial charge in [0.2, 0.25) is 0 Å². The number of amides is 1. The minimum Gasteiger partial charge on any atom is -0.496 e. The van der Waals surface area contributed by atoms with Crippen molar-refractivity contribution in [3.05, 3.63) is 83.6 Å². The predicted molar refractivity (Wildman–Crippen MR) is 125 cm³/mol. The van der Waals surface area contributed by atoms with Gasteiger partial charge in [0.05, 0.1) is 13.7 Å². The Morgan fingerprint density at radius 3 is 2.73 bits per heavy atom. The molecule has 4 aromatic rings. The number of aryl methyl sites for hydroxylation is 1. The Morgan fingerprint density at radius 1 is 1.09 bits per heavy atom. The van der Waals surface area contributed by atoms with Gasteiger partial charge >= 0.3 is 0 Å². The van der Waals surface area contributed by atoms with Gasteiger partial charge in [0.15, 0.2) is 11.6 Å². The summed E-state index contributed by atoms with van der Waals surface area (Å²) in [5.41, 5.74) is 4.03. The number of carbonyl (C=O) groups excluding carboxylic acids is 1. The first-order chi connectivity index (χ1) is 16.1. The van der Waals surface area contributed by atoms with Crippen LogP contribution in [0.3, 0.4) is 0 Å². The fourth-order valence-corrected chi connectivity index (χ4v) is 3.54. The smallest absolute Gasteiger partial charge is 0.251 e. The van der Waals surface area contributed by atoms with E-state index in [0.717, 1.165) is 28.4 Å². The Kier molecular flexibility index (Phi) is 6.58. The second kappa shape index (κ2) is 9.90. The van der Waals surface area contributed by atoms with Crippen molar-refractivity contribution in [1.29, 1.82) is 0 Å². The van der Waals surface area contributed by atoms with Gasteiger partial charge < -0.3 is 19.9 Å². The number of rotatable bonds is 8. The topological polar surface area (TPSA) is 107 Å². The van der Waals surface area contributed by atoms with E-state index in [1.54, 1.807) is 25.4 Å². The van der Waals surface area contributed by atoms with Gasteiger partial charge in [-0.25, -0.2) is 9.97 Å². The van der Waals surface area contributed by atoms with Crippen LogP contribution in [0.2, 0.25) is 0 Å². The van der Waals surface area contributed by atoms with Gasteiger partial charge in [-0.2, -0.15) is 0 Å². The Morgan fingerprint density at radius 2 is 1.94 bits per heavy atom. The molecule has 0 saturated heterocycles. The lowest BCUT2D eigenvalue weighted by atomic mass is 10.1. The maximum atomic E-state index is 12.7. The van der Waals surface area contributed by atoms with E-state index in [1.165, 1.54) is 6.33 Å². The lowest BCUT2D eigenvalue weighted by molar-refractivity contribution is 0.0950. The molecule has 0 saturated carbocycles. The summed E-state index contributed by atoms with van der Waals surface area (Å²) in [6.07, 6.45) is 3.15. The number of ether oxygens (including phenoxy) is 1. The highest BCUT2D eigenvalue weighted by atomic mass is 16.5. The summed E-state index contributed by atoms with van der Waals surface area (Å²) in [6, 6.07) is 15.0. The zero-order valence-corrected chi connectivity index (χ0v) is 18.7. The standard InChI is InChI=1S/C24H25N7O2/c1-16-6-4-8-18(22(16)33-3)13-27-24(32)17-7-5-9-19(12-17)26-14-21-29-30-23(31(21)2)20-10-11-25-15-28-20/h4-12,15,26H,13-14H2,1-3H3,(H,27,32). The van der Waals surface area contributed by atoms with Gasteiger partial charge in [-0.05, 0) is 36.8 Å². The van der Waals surface area contributed by atoms with E-state index in [0.29, 0.717) is 30.2 Å². The summed E-state index contributed by atoms with van der Waals surface area (Å²) >= 11 is 0. The molecule has 2 aromatic heterocycles. The highest BCUT2D eigenvalue weighted by Gasteiger charge is 2.13. The summed E-state index contributed by atoms with van der Waals surface area (Å²) in [7, 11) is 3.52. The summed E-state index contributed by atoms with van der Waals surface area (Å²) in [5.74, 6) is 2.03. The van der Waals surface area contributed by atoms with Crippen LogP contribution in [0.25, 0.3) is 11.5 Å². The number of hydrogen-bond acceptors (Lipinski definition) is 7. The lowest BCUT2D eigenvalue weighted by Gasteiger charge is -2.12. The van der Waals surface area contributed by atoms with Gasteiger partial charge in [0.25, 0.3) is 5.91 Å². The summed E-state index contributed by atoms with van der Waals surface area (Å²) in [4.78, 5) is 20.9. The van der Waals surface area contributed by atoms with E-state index in [4.69, 9.17) is 4.74 Å². The number of para-hydroxylation sites is 1. The molecule has 2 aromatic carbocycles. The fraction of sp³-hybridized carbons (Fsp3) is 0.208. The van der Waals surface area contributed by atoms with E-state index < -0.39 is 0 Å². The molecule has 0 aliphatic heterocycles. The molecule has 0 aliphatic rings. The quantitative estimate of drug-likeness (QED) is 0.431. The minimum absolute atomic E-state index is 0.160. The van der Waals surface area contributed by atoms with Crippen LogP contribution in [-0.4, -0.2) is 37.7 Å². The SMILES string of the molecule is COc1c(C)cccc1CNC(=O)c1cccc(NCc2nnc(-c3ccncn3)n2C)c1. The van der Waals surface area contributed by atoms with Crippen LogP contribution < -0.4 is 15.4 Å². The van der Waals surface area contributed by atoms with Crippen molar-refractivity contribution >= 4 is 11.6 Å². The number of nitrogens with one attached hydrogen (secondary N) is 2. The first-order valence-electron chi connectivity index (χ1n) is 10.5. The number of anilines is 1. The zero-order valence-electron chi connectivity index (χ0n) is 18.7. The molecule has 0 atom stereocenters. The van der Waals surface area contributed by atoms with Crippen LogP contribution in [0.1, 0.15) is 27.3 Å². The van der Waals surface area contributed by atoms with Crippen molar-refractivity contribution in [2.24, 2.45) is 7.05 Å². The monoisotopic (exact) mass is 443 g/mol. The molecule has 0 aliphatic carbocycles. The Labute approximate surface area is 191 Å². The van der Waals surface area contributed by atoms with E-state index in [9.17, 15) is 4.79 Å². The van der Waals surface area contributed by atoms with Gasteiger partial charge in [-0.15, -0.1) is 10.2 Å². The lowest BCUT2D eigenvalue weighted by Crippen LogP contribution is -2.23. The third kappa shape index (κ3) is 4.98. The first kappa shape index (κ1) is 21.9. The van der Waals surface area contributed by atoms with E-state index in [-0.39, 0.29) is 5.91 Å². The molecule has 4 rings (SSSR count). The Hall–Kier alpha value is -4.27. The number of aromatic nitrogens is 5. The second-order valence-corrected chi connectivity index (χ2v) is 7.48. The van der Waals surface area contributed by atoms with Crippen molar-refractivity contribution in [2.75, 3.05) is 12.4 Å². The molecule has 168 valence electrons. The maximum absolute atomic E-state index is 12.7. The van der Waals surface area contributed by atoms with Crippen LogP contribution >= 0.6 is 0 Å². The van der Waals surface area contributed by atoms with Gasteiger partial charge in [-0.1, -0.05) is 24.3 Å². The molecule has 9 heteroatoms. The molecular formula is C24H25N7O2. The Bertz CT molecular complexity index is 1250. The van der Waals surface area contributed by atoms with E-state index in [2.05, 4.69) is 30.8 Å². The largest absolute Gasteiger partial charge is 0.496 e. The molecule has 0 radical (unpaired) electrons. The van der Waals surface area contributed by atoms with Gasteiger partial charge in [0.1, 0.15) is 17.8 Å². The molecule has 2 heterocycles. The first-order valence-corrected chi connectivity index (χ1v) is 10.5. The van der Waals surface area contributed by atoms with Crippen LogP contribution in [-0.2, 0) is 20.1 Å². The molecule has 9 nitrogen and oxygen atoms in total. The number of nitrogens with zero attached hydrogens (tertiary/aromatic N) is 5. The highest BCUT2D eigenvalue weighted by Crippen LogP contribution is 2.23. The average molecular weight is 444 g/mol. The average Bonchev–Trinajstić information content (AvgIpc) is 3.22. The molecule has 2 N–H and O–H groups in total.